The predicted octanol–water partition coefficient (Wildman–Crippen LogP) is 33.5. The van der Waals surface area contributed by atoms with Crippen LogP contribution in [0.3, 0.4) is 0 Å². The maximum Gasteiger partial charge on any atom is 0.407 e. The van der Waals surface area contributed by atoms with E-state index in [-0.39, 0.29) is 37.1 Å². The van der Waals surface area contributed by atoms with Gasteiger partial charge in [-0.1, -0.05) is 253 Å². The van der Waals surface area contributed by atoms with Crippen molar-refractivity contribution in [3.8, 4) is 34.5 Å². The number of amides is 1. The van der Waals surface area contributed by atoms with Gasteiger partial charge in [-0.15, -0.1) is 0 Å². The zero-order valence-corrected chi connectivity index (χ0v) is 92.4. The van der Waals surface area contributed by atoms with Gasteiger partial charge in [-0.25, -0.2) is 44.5 Å². The number of carbonyl (C=O) groups is 1. The van der Waals surface area contributed by atoms with Crippen molar-refractivity contribution in [2.24, 2.45) is 25.0 Å². The van der Waals surface area contributed by atoms with Gasteiger partial charge in [0.25, 0.3) is 31.0 Å². The number of aryl methyl sites for hydroxylation is 10. The average molecular weight is 2110 g/mol. The third-order valence-electron chi connectivity index (χ3n) is 21.0. The molecule has 0 saturated heterocycles. The van der Waals surface area contributed by atoms with E-state index in [1.807, 2.05) is 327 Å². The van der Waals surface area contributed by atoms with Crippen molar-refractivity contribution in [3.05, 3.63) is 451 Å². The van der Waals surface area contributed by atoms with Crippen LogP contribution < -0.4 is 48.4 Å². The Labute approximate surface area is 917 Å². The Morgan fingerprint density at radius 1 is 0.295 bits per heavy atom. The summed E-state index contributed by atoms with van der Waals surface area (Å²) in [6.07, 6.45) is 8.66. The topological polar surface area (TPSA) is 165 Å². The Kier molecular flexibility index (Phi) is 54.5. The second kappa shape index (κ2) is 67.4. The van der Waals surface area contributed by atoms with Crippen LogP contribution in [0.4, 0.5) is 50.3 Å². The predicted molar refractivity (Wildman–Crippen MR) is 648 cm³/mol. The van der Waals surface area contributed by atoms with Gasteiger partial charge in [0.1, 0.15) is 40.1 Å². The van der Waals surface area contributed by atoms with E-state index in [2.05, 4.69) is 183 Å². The number of nitrogens with zero attached hydrogens (tertiary/aromatic N) is 8. The second-order valence-electron chi connectivity index (χ2n) is 33.5. The molecule has 14 rings (SSSR count). The van der Waals surface area contributed by atoms with E-state index in [0.29, 0.717) is 46.1 Å². The summed E-state index contributed by atoms with van der Waals surface area (Å²) in [6.45, 7) is 44.1. The third kappa shape index (κ3) is 46.1. The number of para-hydroxylation sites is 2. The van der Waals surface area contributed by atoms with Gasteiger partial charge in [-0.05, 0) is 455 Å². The van der Waals surface area contributed by atoms with E-state index >= 15 is 0 Å². The fourth-order valence-corrected chi connectivity index (χ4v) is 15.0. The molecule has 0 aromatic heterocycles. The Morgan fingerprint density at radius 2 is 0.544 bits per heavy atom. The molecule has 17 nitrogen and oxygen atoms in total. The standard InChI is InChI=1S/C24H23NO2S2.C23H20ClNO2S2.C22H19NO2S2.C15H20N2O2.C11H13N.3C10H11N/c1-4-19-9-11-20(12-10-19)25(23(28)26-21-13-5-17(2)6-14-21)24(29)27-22-15-7-18(3)8-16-22;1-3-17-6-10-19(11-7-17)25(22(28)26-20-12-4-16(2)5-13-20)23(29)27-21-14-8-18(24)9-15-21;1-2-17-13-15-18(16-14-17)23(21(26)24-19-9-5-3-6-10-19)22(27)25-20-11-7-4-8-12-20;1-5-16-13-8-6-12(7-9-13)10-11-17-14(18)19-15(2,3)4;1-3-6-10-7-5-8-11(9-10)12-4-2;2*1-3-9-5-7-10(8-6-9)11-4-2;1-3-9-6-5-7-10(8-9)11-4-2/h5-16H,4H2,1-3H3;4-15H,3H2,1-2H3;3-16H,2H2,1H3;6-9H,1,10-11H2,2-4H3,(H,17,18);5,7-9H,2-3,6H2,1H3;3*5-8H,2-3H2,1H3. The summed E-state index contributed by atoms with van der Waals surface area (Å²) in [7, 11) is 0. The molecule has 149 heavy (non-hydrogen) atoms. The summed E-state index contributed by atoms with van der Waals surface area (Å²) < 4.78 is 40.4. The molecular weight excluding hydrogens is 1980 g/mol. The van der Waals surface area contributed by atoms with E-state index < -0.39 is 5.60 Å². The largest absolute Gasteiger partial charge is 0.444 e. The highest BCUT2D eigenvalue weighted by atomic mass is 35.5. The number of rotatable bonds is 25. The van der Waals surface area contributed by atoms with Crippen molar-refractivity contribution in [2.45, 2.75) is 153 Å². The molecular formula is C125H128ClN9O8S6. The number of hydrogen-bond acceptors (Lipinski definition) is 19. The lowest BCUT2D eigenvalue weighted by atomic mass is 10.1. The third-order valence-corrected chi connectivity index (χ3v) is 22.9. The number of hydrogen-bond donors (Lipinski definition) is 1. The normalized spacial score (nSPS) is 9.87. The van der Waals surface area contributed by atoms with Gasteiger partial charge < -0.3 is 38.5 Å². The molecule has 24 heteroatoms. The number of ether oxygens (including phenoxy) is 7. The highest BCUT2D eigenvalue weighted by Gasteiger charge is 2.26. The highest BCUT2D eigenvalue weighted by molar-refractivity contribution is 7.83. The zero-order chi connectivity index (χ0) is 108. The van der Waals surface area contributed by atoms with Gasteiger partial charge in [0.15, 0.2) is 0 Å². The summed E-state index contributed by atoms with van der Waals surface area (Å²) in [5.74, 6) is 16.3. The molecule has 0 unspecified atom stereocenters. The zero-order valence-electron chi connectivity index (χ0n) is 86.8. The minimum atomic E-state index is -0.464. The summed E-state index contributed by atoms with van der Waals surface area (Å²) in [6, 6.07) is 113. The van der Waals surface area contributed by atoms with Gasteiger partial charge in [0.2, 0.25) is 0 Å². The lowest BCUT2D eigenvalue weighted by Gasteiger charge is -2.25. The molecule has 0 aliphatic rings. The monoisotopic (exact) mass is 2110 g/mol. The van der Waals surface area contributed by atoms with Crippen LogP contribution in [0, 0.1) is 20.8 Å². The number of halogens is 1. The van der Waals surface area contributed by atoms with Gasteiger partial charge in [-0.2, -0.15) is 0 Å². The lowest BCUT2D eigenvalue weighted by Crippen LogP contribution is -2.40. The molecule has 0 bridgehead atoms. The Hall–Kier alpha value is -15.4. The van der Waals surface area contributed by atoms with E-state index in [1.54, 1.807) is 39.0 Å². The average Bonchev–Trinajstić information content (AvgIpc) is 0.828. The first kappa shape index (κ1) is 121. The number of thiocarbonyl (C=S) groups is 6. The fourth-order valence-electron chi connectivity index (χ4n) is 13.0. The molecule has 0 spiro atoms. The van der Waals surface area contributed by atoms with Crippen LogP contribution in [0.1, 0.15) is 137 Å². The molecule has 0 atom stereocenters. The molecule has 764 valence electrons. The smallest absolute Gasteiger partial charge is 0.407 e. The van der Waals surface area contributed by atoms with Crippen molar-refractivity contribution < 1.29 is 38.0 Å². The van der Waals surface area contributed by atoms with Crippen molar-refractivity contribution in [3.63, 3.8) is 0 Å². The lowest BCUT2D eigenvalue weighted by molar-refractivity contribution is 0.0528. The number of alkyl carbamates (subject to hydrolysis) is 1. The van der Waals surface area contributed by atoms with E-state index in [9.17, 15) is 4.79 Å². The summed E-state index contributed by atoms with van der Waals surface area (Å²) in [5, 5.41) is 4.49. The number of nitrogens with one attached hydrogen (secondary N) is 1. The second-order valence-corrected chi connectivity index (χ2v) is 36.0. The van der Waals surface area contributed by atoms with Crippen molar-refractivity contribution in [1.82, 2.24) is 5.32 Å². The SMILES string of the molecule is C=C=Nc1ccc(CC)cc1.C=C=Nc1ccc(CC)cc1.C=C=Nc1ccc(CCNC(=O)OC(C)(C)C)cc1.C=C=Nc1cccc(CC)c1.C=C=Nc1cccc(CCC)c1.CCc1ccc(N(C(=S)Oc2ccc(C)cc2)C(=S)Oc2ccc(C)cc2)cc1.CCc1ccc(N(C(=S)Oc2ccc(C)cc2)C(=S)Oc2ccc(Cl)cc2)cc1.CCc1ccc(N(C(=S)Oc2ccccc2)C(=S)Oc2ccccc2)cc1. The molecule has 0 fully saturated rings. The quantitative estimate of drug-likeness (QED) is 0.0424. The molecule has 0 aliphatic heterocycles. The van der Waals surface area contributed by atoms with Crippen LogP contribution in [0.15, 0.2) is 410 Å². The molecule has 0 aliphatic carbocycles. The first-order valence-corrected chi connectivity index (χ1v) is 51.4. The Balaban J connectivity index is 0.000000238. The van der Waals surface area contributed by atoms with E-state index in [4.69, 9.17) is 118 Å². The molecule has 0 heterocycles. The fraction of sp³-hybridized carbons (Fsp3) is 0.192. The van der Waals surface area contributed by atoms with Crippen LogP contribution in [0.5, 0.6) is 34.5 Å². The van der Waals surface area contributed by atoms with E-state index in [1.165, 1.54) is 45.4 Å². The Morgan fingerprint density at radius 3 is 0.812 bits per heavy atom. The molecule has 0 radical (unpaired) electrons. The van der Waals surface area contributed by atoms with Crippen LogP contribution in [-0.4, -0.2) is 78.6 Å². The highest BCUT2D eigenvalue weighted by Crippen LogP contribution is 2.29. The van der Waals surface area contributed by atoms with E-state index in [0.717, 1.165) is 119 Å². The van der Waals surface area contributed by atoms with Crippen LogP contribution in [0.25, 0.3) is 0 Å². The van der Waals surface area contributed by atoms with Crippen LogP contribution in [-0.2, 0) is 56.1 Å². The van der Waals surface area contributed by atoms with Crippen LogP contribution in [0.2, 0.25) is 5.02 Å². The summed E-state index contributed by atoms with van der Waals surface area (Å²) in [5.41, 5.74) is 19.9. The number of carbonyl (C=O) groups excluding carboxylic acids is 1. The molecule has 14 aromatic rings. The van der Waals surface area contributed by atoms with Gasteiger partial charge in [0.05, 0.1) is 45.5 Å². The maximum absolute atomic E-state index is 11.4. The minimum absolute atomic E-state index is 0.161. The maximum atomic E-state index is 11.4. The first-order chi connectivity index (χ1) is 71.9. The number of aliphatic imine (C=N–C) groups is 5. The number of benzene rings is 14. The van der Waals surface area contributed by atoms with Crippen molar-refractivity contribution >= 4 is 197 Å². The van der Waals surface area contributed by atoms with Crippen molar-refractivity contribution in [1.29, 1.82) is 0 Å². The molecule has 1 amide bonds. The minimum Gasteiger partial charge on any atom is -0.444 e. The molecule has 14 aromatic carbocycles. The first-order valence-electron chi connectivity index (χ1n) is 48.6. The van der Waals surface area contributed by atoms with Crippen LogP contribution >= 0.6 is 84.9 Å². The van der Waals surface area contributed by atoms with Gasteiger partial charge in [-0.3, -0.25) is 0 Å². The van der Waals surface area contributed by atoms with Crippen molar-refractivity contribution in [2.75, 3.05) is 21.2 Å². The Bertz CT molecular complexity index is 6410. The molecule has 1 N–H and O–H groups in total. The summed E-state index contributed by atoms with van der Waals surface area (Å²) in [4.78, 5) is 36.0. The number of anilines is 3. The summed E-state index contributed by atoms with van der Waals surface area (Å²) >= 11 is 39.3. The van der Waals surface area contributed by atoms with Gasteiger partial charge in [0, 0.05) is 11.6 Å². The molecule has 0 saturated carbocycles. The van der Waals surface area contributed by atoms with Gasteiger partial charge >= 0.3 is 6.09 Å².